The van der Waals surface area contributed by atoms with Crippen LogP contribution in [0.2, 0.25) is 0 Å². The average Bonchev–Trinajstić information content (AvgIpc) is 3.03. The third-order valence-corrected chi connectivity index (χ3v) is 9.48. The van der Waals surface area contributed by atoms with Gasteiger partial charge in [0.1, 0.15) is 0 Å². The van der Waals surface area contributed by atoms with Crippen molar-refractivity contribution in [2.24, 2.45) is 0 Å². The predicted molar refractivity (Wildman–Crippen MR) is 175 cm³/mol. The van der Waals surface area contributed by atoms with Gasteiger partial charge in [-0.1, -0.05) is 108 Å². The van der Waals surface area contributed by atoms with Gasteiger partial charge < -0.3 is 9.92 Å². The van der Waals surface area contributed by atoms with Crippen LogP contribution in [0.3, 0.4) is 0 Å². The van der Waals surface area contributed by atoms with Crippen LogP contribution in [0.5, 0.6) is 0 Å². The standard InChI is InChI=1S/C36H26BNOS2/c39-37-32-18-10-11-19-33(32)41-35-25-27(24-34(36(35)37)40-31-16-8-3-9-17-31)26-20-22-30(23-21-26)38(28-12-4-1-5-13-28)29-14-6-2-7-15-29/h1-25,39H. The van der Waals surface area contributed by atoms with Crippen LogP contribution in [0.25, 0.3) is 11.1 Å². The summed E-state index contributed by atoms with van der Waals surface area (Å²) in [5, 5.41) is 11.5. The molecule has 0 fully saturated rings. The fourth-order valence-corrected chi connectivity index (χ4v) is 7.63. The molecule has 0 aliphatic carbocycles. The number of benzene rings is 6. The molecule has 6 aromatic carbocycles. The predicted octanol–water partition coefficient (Wildman–Crippen LogP) is 8.54. The van der Waals surface area contributed by atoms with Crippen molar-refractivity contribution in [1.29, 1.82) is 0 Å². The van der Waals surface area contributed by atoms with Crippen molar-refractivity contribution < 1.29 is 5.02 Å². The number of anilines is 3. The average molecular weight is 564 g/mol. The number of hydrogen-bond donors (Lipinski definition) is 1. The minimum atomic E-state index is -0.657. The van der Waals surface area contributed by atoms with Crippen LogP contribution in [0.15, 0.2) is 171 Å². The summed E-state index contributed by atoms with van der Waals surface area (Å²) in [6.07, 6.45) is 0. The maximum atomic E-state index is 11.5. The van der Waals surface area contributed by atoms with Gasteiger partial charge in [0, 0.05) is 36.6 Å². The molecule has 0 unspecified atom stereocenters. The maximum Gasteiger partial charge on any atom is 0.362 e. The van der Waals surface area contributed by atoms with Crippen LogP contribution in [0, 0.1) is 0 Å². The third kappa shape index (κ3) is 5.20. The SMILES string of the molecule is OB1c2ccccc2Sc2cc(-c3ccc(N(c4ccccc4)c4ccccc4)cc3)cc(Sc3ccccc3)c21. The van der Waals surface area contributed by atoms with Gasteiger partial charge in [0.15, 0.2) is 0 Å². The molecule has 0 atom stereocenters. The molecule has 0 aromatic heterocycles. The quantitative estimate of drug-likeness (QED) is 0.205. The highest BCUT2D eigenvalue weighted by Crippen LogP contribution is 2.40. The Kier molecular flexibility index (Phi) is 7.16. The van der Waals surface area contributed by atoms with Gasteiger partial charge >= 0.3 is 6.92 Å². The van der Waals surface area contributed by atoms with Gasteiger partial charge in [0.05, 0.1) is 0 Å². The number of rotatable bonds is 6. The van der Waals surface area contributed by atoms with Crippen LogP contribution in [0.1, 0.15) is 0 Å². The number of para-hydroxylation sites is 2. The summed E-state index contributed by atoms with van der Waals surface area (Å²) < 4.78 is 0. The summed E-state index contributed by atoms with van der Waals surface area (Å²) in [5.74, 6) is 0. The van der Waals surface area contributed by atoms with Crippen molar-refractivity contribution in [2.75, 3.05) is 4.90 Å². The zero-order valence-electron chi connectivity index (χ0n) is 22.2. The molecule has 1 aliphatic heterocycles. The van der Waals surface area contributed by atoms with E-state index in [4.69, 9.17) is 0 Å². The highest BCUT2D eigenvalue weighted by molar-refractivity contribution is 8.01. The summed E-state index contributed by atoms with van der Waals surface area (Å²) in [5.41, 5.74) is 7.57. The Morgan fingerprint density at radius 1 is 0.537 bits per heavy atom. The van der Waals surface area contributed by atoms with E-state index < -0.39 is 6.92 Å². The lowest BCUT2D eigenvalue weighted by Crippen LogP contribution is -2.47. The van der Waals surface area contributed by atoms with Crippen molar-refractivity contribution in [3.63, 3.8) is 0 Å². The number of nitrogens with zero attached hydrogens (tertiary/aromatic N) is 1. The topological polar surface area (TPSA) is 23.5 Å². The summed E-state index contributed by atoms with van der Waals surface area (Å²) in [7, 11) is 0. The highest BCUT2D eigenvalue weighted by Gasteiger charge is 2.32. The minimum absolute atomic E-state index is 0.657. The molecule has 41 heavy (non-hydrogen) atoms. The second-order valence-electron chi connectivity index (χ2n) is 9.90. The third-order valence-electron chi connectivity index (χ3n) is 7.27. The molecule has 0 amide bonds. The first-order valence-corrected chi connectivity index (χ1v) is 15.2. The zero-order valence-corrected chi connectivity index (χ0v) is 23.9. The highest BCUT2D eigenvalue weighted by atomic mass is 32.2. The minimum Gasteiger partial charge on any atom is -0.443 e. The second-order valence-corrected chi connectivity index (χ2v) is 12.1. The lowest BCUT2D eigenvalue weighted by molar-refractivity contribution is 0.597. The van der Waals surface area contributed by atoms with E-state index in [2.05, 4.69) is 120 Å². The van der Waals surface area contributed by atoms with E-state index >= 15 is 0 Å². The lowest BCUT2D eigenvalue weighted by atomic mass is 9.55. The molecule has 1 N–H and O–H groups in total. The molecule has 7 rings (SSSR count). The van der Waals surface area contributed by atoms with Crippen LogP contribution in [0.4, 0.5) is 17.1 Å². The molecule has 6 aromatic rings. The van der Waals surface area contributed by atoms with E-state index in [1.807, 2.05) is 36.4 Å². The van der Waals surface area contributed by atoms with Gasteiger partial charge in [-0.2, -0.15) is 0 Å². The molecule has 1 aliphatic rings. The Labute approximate surface area is 249 Å². The molecule has 5 heteroatoms. The molecular weight excluding hydrogens is 537 g/mol. The summed E-state index contributed by atoms with van der Waals surface area (Å²) >= 11 is 3.45. The van der Waals surface area contributed by atoms with Crippen molar-refractivity contribution in [3.05, 3.63) is 152 Å². The van der Waals surface area contributed by atoms with Crippen LogP contribution < -0.4 is 15.8 Å². The van der Waals surface area contributed by atoms with E-state index in [0.717, 1.165) is 58.7 Å². The first kappa shape index (κ1) is 25.8. The van der Waals surface area contributed by atoms with E-state index in [9.17, 15) is 5.02 Å². The molecule has 0 bridgehead atoms. The van der Waals surface area contributed by atoms with E-state index in [0.29, 0.717) is 0 Å². The summed E-state index contributed by atoms with van der Waals surface area (Å²) in [4.78, 5) is 6.72. The largest absolute Gasteiger partial charge is 0.443 e. The Bertz CT molecular complexity index is 1760. The van der Waals surface area contributed by atoms with E-state index in [-0.39, 0.29) is 0 Å². The Morgan fingerprint density at radius 2 is 1.10 bits per heavy atom. The van der Waals surface area contributed by atoms with Crippen molar-refractivity contribution in [1.82, 2.24) is 0 Å². The fraction of sp³-hybridized carbons (Fsp3) is 0. The lowest BCUT2D eigenvalue weighted by Gasteiger charge is -2.26. The molecule has 2 nitrogen and oxygen atoms in total. The van der Waals surface area contributed by atoms with E-state index in [1.165, 1.54) is 0 Å². The van der Waals surface area contributed by atoms with Gasteiger partial charge in [0.2, 0.25) is 0 Å². The second kappa shape index (κ2) is 11.4. The molecule has 0 radical (unpaired) electrons. The van der Waals surface area contributed by atoms with Crippen LogP contribution >= 0.6 is 23.5 Å². The monoisotopic (exact) mass is 563 g/mol. The smallest absolute Gasteiger partial charge is 0.362 e. The molecule has 0 spiro atoms. The first-order valence-electron chi connectivity index (χ1n) is 13.6. The van der Waals surface area contributed by atoms with Crippen molar-refractivity contribution >= 4 is 58.4 Å². The van der Waals surface area contributed by atoms with Gasteiger partial charge in [-0.05, 0) is 88.8 Å². The van der Waals surface area contributed by atoms with Crippen LogP contribution in [-0.4, -0.2) is 11.9 Å². The molecule has 0 saturated carbocycles. The molecule has 196 valence electrons. The summed E-state index contributed by atoms with van der Waals surface area (Å²) in [6.45, 7) is -0.657. The molecule has 0 saturated heterocycles. The van der Waals surface area contributed by atoms with Gasteiger partial charge in [-0.15, -0.1) is 0 Å². The fourth-order valence-electron chi connectivity index (χ4n) is 5.30. The number of fused-ring (bicyclic) bond motifs is 2. The van der Waals surface area contributed by atoms with Crippen molar-refractivity contribution in [3.8, 4) is 11.1 Å². The van der Waals surface area contributed by atoms with Gasteiger partial charge in [-0.3, -0.25) is 0 Å². The first-order chi connectivity index (χ1) is 20.2. The molecular formula is C36H26BNOS2. The Balaban J connectivity index is 1.30. The Hall–Kier alpha value is -4.16. The normalized spacial score (nSPS) is 12.0. The summed E-state index contributed by atoms with van der Waals surface area (Å²) in [6, 6.07) is 52.7. The Morgan fingerprint density at radius 3 is 1.76 bits per heavy atom. The molecule has 1 heterocycles. The van der Waals surface area contributed by atoms with Crippen LogP contribution in [-0.2, 0) is 0 Å². The number of hydrogen-bond acceptors (Lipinski definition) is 4. The van der Waals surface area contributed by atoms with Gasteiger partial charge in [-0.25, -0.2) is 0 Å². The zero-order chi connectivity index (χ0) is 27.6. The van der Waals surface area contributed by atoms with Crippen molar-refractivity contribution in [2.45, 2.75) is 19.6 Å². The van der Waals surface area contributed by atoms with Gasteiger partial charge in [0.25, 0.3) is 0 Å². The van der Waals surface area contributed by atoms with E-state index in [1.54, 1.807) is 23.5 Å². The maximum absolute atomic E-state index is 11.5.